The van der Waals surface area contributed by atoms with Gasteiger partial charge in [0.2, 0.25) is 0 Å². The molecule has 0 atom stereocenters. The lowest BCUT2D eigenvalue weighted by atomic mass is 9.84. The molecule has 11 heteroatoms. The molecular weight excluding hydrogens is 659 g/mol. The Balaban J connectivity index is 0.000000947. The molecule has 47 heavy (non-hydrogen) atoms. The topological polar surface area (TPSA) is 116 Å². The fourth-order valence-corrected chi connectivity index (χ4v) is 6.11. The number of aldehydes is 1. The molecule has 0 unspecified atom stereocenters. The van der Waals surface area contributed by atoms with Gasteiger partial charge in [-0.25, -0.2) is 14.8 Å². The lowest BCUT2D eigenvalue weighted by molar-refractivity contribution is -0.106. The third kappa shape index (κ3) is 8.99. The first-order valence-corrected chi connectivity index (χ1v) is 16.0. The summed E-state index contributed by atoms with van der Waals surface area (Å²) in [6.45, 7) is 3.06. The van der Waals surface area contributed by atoms with Crippen LogP contribution in [0.5, 0.6) is 0 Å². The Bertz CT molecular complexity index is 1750. The Morgan fingerprint density at radius 3 is 1.94 bits per heavy atom. The van der Waals surface area contributed by atoms with E-state index in [0.717, 1.165) is 78.4 Å². The van der Waals surface area contributed by atoms with Crippen molar-refractivity contribution in [2.45, 2.75) is 31.7 Å². The van der Waals surface area contributed by atoms with Crippen LogP contribution in [-0.4, -0.2) is 58.7 Å². The zero-order valence-corrected chi connectivity index (χ0v) is 28.2. The van der Waals surface area contributed by atoms with Crippen LogP contribution >= 0.6 is 34.8 Å². The van der Waals surface area contributed by atoms with E-state index >= 15 is 0 Å². The lowest BCUT2D eigenvalue weighted by Crippen LogP contribution is -2.39. The Morgan fingerprint density at radius 2 is 1.40 bits per heavy atom. The number of fused-ring (bicyclic) bond motifs is 1. The molecule has 1 saturated heterocycles. The average molecular weight is 694 g/mol. The molecule has 3 N–H and O–H groups in total. The van der Waals surface area contributed by atoms with E-state index in [1.54, 1.807) is 18.5 Å². The van der Waals surface area contributed by atoms with Crippen molar-refractivity contribution in [3.8, 4) is 0 Å². The van der Waals surface area contributed by atoms with Gasteiger partial charge in [0.25, 0.3) is 0 Å². The predicted octanol–water partition coefficient (Wildman–Crippen LogP) is 8.36. The number of carboxylic acids is 1. The van der Waals surface area contributed by atoms with Crippen molar-refractivity contribution in [1.82, 2.24) is 9.97 Å². The second-order valence-electron chi connectivity index (χ2n) is 10.6. The Hall–Kier alpha value is -4.21. The van der Waals surface area contributed by atoms with Gasteiger partial charge in [-0.2, -0.15) is 0 Å². The van der Waals surface area contributed by atoms with E-state index in [-0.39, 0.29) is 22.5 Å². The van der Waals surface area contributed by atoms with Gasteiger partial charge in [0.15, 0.2) is 0 Å². The number of carboxylic acid groups (broad SMARTS) is 1. The molecule has 2 heterocycles. The van der Waals surface area contributed by atoms with Gasteiger partial charge in [-0.3, -0.25) is 0 Å². The van der Waals surface area contributed by atoms with Crippen LogP contribution in [0.15, 0.2) is 91.3 Å². The van der Waals surface area contributed by atoms with Crippen molar-refractivity contribution in [2.24, 2.45) is 0 Å². The maximum Gasteiger partial charge on any atom is 0.337 e. The van der Waals surface area contributed by atoms with Crippen LogP contribution in [0.3, 0.4) is 0 Å². The number of aliphatic hydroxyl groups is 1. The van der Waals surface area contributed by atoms with E-state index in [4.69, 9.17) is 44.7 Å². The first kappa shape index (κ1) is 35.6. The van der Waals surface area contributed by atoms with Gasteiger partial charge in [-0.05, 0) is 91.1 Å². The number of nitrogens with zero attached hydrogens (tertiary/aromatic N) is 3. The highest BCUT2D eigenvalue weighted by atomic mass is 35.5. The first-order valence-electron chi connectivity index (χ1n) is 14.9. The normalized spacial score (nSPS) is 12.9. The minimum Gasteiger partial charge on any atom is -0.478 e. The number of aromatic nitrogens is 2. The summed E-state index contributed by atoms with van der Waals surface area (Å²) in [5.74, 6) is -0.248. The van der Waals surface area contributed by atoms with Crippen molar-refractivity contribution >= 4 is 69.5 Å². The molecule has 0 spiro atoms. The Kier molecular flexibility index (Phi) is 13.0. The number of carbonyl (C=O) groups excluding carboxylic acids is 1. The van der Waals surface area contributed by atoms with Gasteiger partial charge in [0, 0.05) is 53.3 Å². The molecule has 5 aromatic rings. The van der Waals surface area contributed by atoms with Gasteiger partial charge >= 0.3 is 5.97 Å². The summed E-state index contributed by atoms with van der Waals surface area (Å²) in [5.41, 5.74) is 5.26. The zero-order valence-electron chi connectivity index (χ0n) is 25.9. The van der Waals surface area contributed by atoms with Crippen molar-refractivity contribution in [3.63, 3.8) is 0 Å². The van der Waals surface area contributed by atoms with Gasteiger partial charge < -0.3 is 25.2 Å². The molecule has 1 fully saturated rings. The van der Waals surface area contributed by atoms with Gasteiger partial charge in [-0.15, -0.1) is 0 Å². The third-order valence-electron chi connectivity index (χ3n) is 7.78. The smallest absolute Gasteiger partial charge is 0.337 e. The van der Waals surface area contributed by atoms with Gasteiger partial charge in [-0.1, -0.05) is 65.1 Å². The summed E-state index contributed by atoms with van der Waals surface area (Å²) in [7, 11) is 1.00. The number of rotatable bonds is 7. The fraction of sp³-hybridized carbons (Fsp3) is 0.222. The number of nitrogens with one attached hydrogen (secondary N) is 1. The maximum absolute atomic E-state index is 11.3. The minimum absolute atomic E-state index is 0.0282. The molecular formula is C36H35Cl3N4O4. The quantitative estimate of drug-likeness (QED) is 0.115. The molecule has 0 bridgehead atoms. The number of aliphatic hydroxyl groups excluding tert-OH is 1. The molecule has 0 aliphatic carbocycles. The highest BCUT2D eigenvalue weighted by Crippen LogP contribution is 2.36. The zero-order chi connectivity index (χ0) is 33.9. The van der Waals surface area contributed by atoms with E-state index in [2.05, 4.69) is 56.6 Å². The summed E-state index contributed by atoms with van der Waals surface area (Å²) >= 11 is 18.6. The summed E-state index contributed by atoms with van der Waals surface area (Å²) in [6, 6.07) is 27.6. The number of aromatic carboxylic acids is 1. The van der Waals surface area contributed by atoms with Crippen LogP contribution in [0, 0.1) is 0 Å². The summed E-state index contributed by atoms with van der Waals surface area (Å²) in [6.07, 6.45) is 4.13. The van der Waals surface area contributed by atoms with Crippen LogP contribution in [0.4, 0.5) is 11.5 Å². The number of anilines is 2. The summed E-state index contributed by atoms with van der Waals surface area (Å²) < 4.78 is 0. The molecule has 8 nitrogen and oxygen atoms in total. The molecule has 4 aromatic carbocycles. The summed E-state index contributed by atoms with van der Waals surface area (Å²) in [4.78, 5) is 31.5. The van der Waals surface area contributed by atoms with Crippen LogP contribution in [0.2, 0.25) is 15.1 Å². The maximum atomic E-state index is 11.3. The second kappa shape index (κ2) is 17.1. The summed E-state index contributed by atoms with van der Waals surface area (Å²) in [5, 5.41) is 22.5. The Labute approximate surface area is 289 Å². The third-order valence-corrected chi connectivity index (χ3v) is 8.60. The van der Waals surface area contributed by atoms with Crippen LogP contribution in [0.1, 0.15) is 52.7 Å². The fourth-order valence-electron chi connectivity index (χ4n) is 5.61. The van der Waals surface area contributed by atoms with Crippen LogP contribution in [0.25, 0.3) is 10.9 Å². The number of benzene rings is 4. The largest absolute Gasteiger partial charge is 0.478 e. The number of piperidine rings is 1. The molecule has 0 amide bonds. The van der Waals surface area contributed by atoms with Crippen molar-refractivity contribution in [1.29, 1.82) is 0 Å². The minimum atomic E-state index is -1.03. The first-order chi connectivity index (χ1) is 22.8. The highest BCUT2D eigenvalue weighted by Gasteiger charge is 2.23. The Morgan fingerprint density at radius 1 is 0.851 bits per heavy atom. The van der Waals surface area contributed by atoms with Crippen LogP contribution in [-0.2, 0) is 4.79 Å². The SMILES string of the molecule is CC=O.CO.O=C(O)c1ccc(N2CCC(Nc3ncnc4ccc(C(c5ccc(Cl)cc5)c5ccc(Cl)cc5)cc34)CC2)cc1Cl. The van der Waals surface area contributed by atoms with Crippen molar-refractivity contribution < 1.29 is 19.8 Å². The van der Waals surface area contributed by atoms with E-state index < -0.39 is 5.97 Å². The second-order valence-corrected chi connectivity index (χ2v) is 11.9. The highest BCUT2D eigenvalue weighted by molar-refractivity contribution is 6.33. The number of hydrogen-bond acceptors (Lipinski definition) is 7. The lowest BCUT2D eigenvalue weighted by Gasteiger charge is -2.34. The van der Waals surface area contributed by atoms with Gasteiger partial charge in [0.1, 0.15) is 18.4 Å². The van der Waals surface area contributed by atoms with Crippen LogP contribution < -0.4 is 10.2 Å². The molecule has 0 saturated carbocycles. The van der Waals surface area contributed by atoms with E-state index in [9.17, 15) is 9.90 Å². The molecule has 1 aliphatic heterocycles. The van der Waals surface area contributed by atoms with E-state index in [0.29, 0.717) is 10.0 Å². The van der Waals surface area contributed by atoms with E-state index in [1.165, 1.54) is 6.92 Å². The average Bonchev–Trinajstić information content (AvgIpc) is 3.08. The van der Waals surface area contributed by atoms with E-state index in [1.807, 2.05) is 36.4 Å². The standard InChI is InChI=1S/C33H27Cl3N4O2.C2H4O.CH4O/c34-23-6-1-20(2-7-23)31(21-3-8-24(35)9-4-21)22-5-12-30-28(17-22)32(38-19-37-30)39-25-13-15-40(16-14-25)26-10-11-27(33(41)42)29(36)18-26;1-2-3;1-2/h1-12,17-19,25,31H,13-16H2,(H,41,42)(H,37,38,39);2H,1H3;2H,1H3. The van der Waals surface area contributed by atoms with Crippen molar-refractivity contribution in [3.05, 3.63) is 129 Å². The molecule has 1 aliphatic rings. The number of hydrogen-bond donors (Lipinski definition) is 3. The molecule has 6 rings (SSSR count). The van der Waals surface area contributed by atoms with Crippen molar-refractivity contribution in [2.75, 3.05) is 30.4 Å². The monoisotopic (exact) mass is 692 g/mol. The number of carbonyl (C=O) groups is 2. The molecule has 0 radical (unpaired) electrons. The molecule has 1 aromatic heterocycles. The predicted molar refractivity (Wildman–Crippen MR) is 191 cm³/mol. The molecule has 244 valence electrons. The number of halogens is 3. The van der Waals surface area contributed by atoms with Gasteiger partial charge in [0.05, 0.1) is 16.1 Å².